The first-order chi connectivity index (χ1) is 9.67. The summed E-state index contributed by atoms with van der Waals surface area (Å²) in [6.45, 7) is 2.05. The standard InChI is InChI=1S/C14H15N5O/c1-3-11-8-12(19(2)17-11)14-16-13(18-20-14)9-5-4-6-10(15)7-9/h4-8H,3,15H2,1-2H3. The molecule has 1 aromatic carbocycles. The zero-order valence-electron chi connectivity index (χ0n) is 11.4. The van der Waals surface area contributed by atoms with Crippen molar-refractivity contribution in [3.05, 3.63) is 36.0 Å². The molecule has 102 valence electrons. The van der Waals surface area contributed by atoms with E-state index in [1.165, 1.54) is 0 Å². The molecule has 0 amide bonds. The van der Waals surface area contributed by atoms with Crippen LogP contribution in [0.1, 0.15) is 12.6 Å². The van der Waals surface area contributed by atoms with Crippen LogP contribution >= 0.6 is 0 Å². The number of nitrogen functional groups attached to an aromatic ring is 1. The third kappa shape index (κ3) is 2.16. The highest BCUT2D eigenvalue weighted by atomic mass is 16.5. The van der Waals surface area contributed by atoms with Gasteiger partial charge in [0.05, 0.1) is 5.69 Å². The highest BCUT2D eigenvalue weighted by Gasteiger charge is 2.15. The first-order valence-corrected chi connectivity index (χ1v) is 6.40. The molecule has 0 aliphatic carbocycles. The van der Waals surface area contributed by atoms with E-state index in [4.69, 9.17) is 10.3 Å². The Kier molecular flexibility index (Phi) is 2.98. The molecule has 2 N–H and O–H groups in total. The maximum Gasteiger partial charge on any atom is 0.276 e. The number of nitrogens with zero attached hydrogens (tertiary/aromatic N) is 4. The Balaban J connectivity index is 1.99. The average molecular weight is 269 g/mol. The molecule has 0 fully saturated rings. The molecule has 0 unspecified atom stereocenters. The molecule has 20 heavy (non-hydrogen) atoms. The lowest BCUT2D eigenvalue weighted by molar-refractivity contribution is 0.428. The van der Waals surface area contributed by atoms with E-state index >= 15 is 0 Å². The maximum absolute atomic E-state index is 5.76. The highest BCUT2D eigenvalue weighted by molar-refractivity contribution is 5.62. The fraction of sp³-hybridized carbons (Fsp3) is 0.214. The summed E-state index contributed by atoms with van der Waals surface area (Å²) in [5.41, 5.74) is 9.06. The summed E-state index contributed by atoms with van der Waals surface area (Å²) < 4.78 is 7.07. The largest absolute Gasteiger partial charge is 0.399 e. The molecule has 0 bridgehead atoms. The van der Waals surface area contributed by atoms with Crippen LogP contribution < -0.4 is 5.73 Å². The van der Waals surface area contributed by atoms with E-state index in [-0.39, 0.29) is 0 Å². The van der Waals surface area contributed by atoms with Gasteiger partial charge in [-0.2, -0.15) is 10.1 Å². The summed E-state index contributed by atoms with van der Waals surface area (Å²) in [7, 11) is 1.86. The van der Waals surface area contributed by atoms with Crippen LogP contribution in [0.4, 0.5) is 5.69 Å². The molecule has 0 aliphatic heterocycles. The van der Waals surface area contributed by atoms with Gasteiger partial charge in [0.15, 0.2) is 0 Å². The summed E-state index contributed by atoms with van der Waals surface area (Å²) in [6, 6.07) is 9.34. The molecular formula is C14H15N5O. The molecule has 2 heterocycles. The normalized spacial score (nSPS) is 10.9. The van der Waals surface area contributed by atoms with Crippen LogP contribution in [-0.2, 0) is 13.5 Å². The minimum atomic E-state index is 0.456. The van der Waals surface area contributed by atoms with Gasteiger partial charge in [0.1, 0.15) is 5.69 Å². The van der Waals surface area contributed by atoms with Crippen LogP contribution in [0.25, 0.3) is 23.0 Å². The number of nitrogens with two attached hydrogens (primary N) is 1. The third-order valence-electron chi connectivity index (χ3n) is 3.08. The summed E-state index contributed by atoms with van der Waals surface area (Å²) in [6.07, 6.45) is 0.865. The maximum atomic E-state index is 5.76. The van der Waals surface area contributed by atoms with Crippen molar-refractivity contribution in [3.63, 3.8) is 0 Å². The number of aromatic nitrogens is 4. The lowest BCUT2D eigenvalue weighted by atomic mass is 10.2. The van der Waals surface area contributed by atoms with Crippen LogP contribution in [0.5, 0.6) is 0 Å². The van der Waals surface area contributed by atoms with Gasteiger partial charge >= 0.3 is 0 Å². The lowest BCUT2D eigenvalue weighted by Crippen LogP contribution is -1.94. The second-order valence-corrected chi connectivity index (χ2v) is 4.55. The Labute approximate surface area is 116 Å². The van der Waals surface area contributed by atoms with Crippen molar-refractivity contribution in [1.29, 1.82) is 0 Å². The second kappa shape index (κ2) is 4.80. The van der Waals surface area contributed by atoms with Crippen molar-refractivity contribution >= 4 is 5.69 Å². The Morgan fingerprint density at radius 3 is 2.85 bits per heavy atom. The topological polar surface area (TPSA) is 82.8 Å². The monoisotopic (exact) mass is 269 g/mol. The van der Waals surface area contributed by atoms with Gasteiger partial charge in [0.2, 0.25) is 5.82 Å². The van der Waals surface area contributed by atoms with Gasteiger partial charge in [-0.3, -0.25) is 4.68 Å². The highest BCUT2D eigenvalue weighted by Crippen LogP contribution is 2.23. The van der Waals surface area contributed by atoms with Crippen LogP contribution in [-0.4, -0.2) is 19.9 Å². The number of benzene rings is 1. The Morgan fingerprint density at radius 2 is 2.15 bits per heavy atom. The number of rotatable bonds is 3. The number of anilines is 1. The van der Waals surface area contributed by atoms with Crippen molar-refractivity contribution in [2.75, 3.05) is 5.73 Å². The Morgan fingerprint density at radius 1 is 1.30 bits per heavy atom. The first kappa shape index (κ1) is 12.4. The van der Waals surface area contributed by atoms with Gasteiger partial charge in [0.25, 0.3) is 5.89 Å². The van der Waals surface area contributed by atoms with Crippen molar-refractivity contribution in [1.82, 2.24) is 19.9 Å². The molecule has 0 saturated heterocycles. The smallest absolute Gasteiger partial charge is 0.276 e. The van der Waals surface area contributed by atoms with E-state index in [1.54, 1.807) is 4.68 Å². The van der Waals surface area contributed by atoms with Gasteiger partial charge < -0.3 is 10.3 Å². The summed E-state index contributed by atoms with van der Waals surface area (Å²) in [5.74, 6) is 0.976. The van der Waals surface area contributed by atoms with Gasteiger partial charge in [-0.15, -0.1) is 0 Å². The number of hydrogen-bond donors (Lipinski definition) is 1. The van der Waals surface area contributed by atoms with E-state index < -0.39 is 0 Å². The van der Waals surface area contributed by atoms with Gasteiger partial charge in [-0.25, -0.2) is 0 Å². The van der Waals surface area contributed by atoms with Crippen molar-refractivity contribution in [3.8, 4) is 23.0 Å². The molecule has 0 aliphatic rings. The van der Waals surface area contributed by atoms with Gasteiger partial charge in [-0.1, -0.05) is 24.2 Å². The summed E-state index contributed by atoms with van der Waals surface area (Å²) in [4.78, 5) is 4.41. The van der Waals surface area contributed by atoms with E-state index in [2.05, 4.69) is 22.2 Å². The molecule has 2 aromatic heterocycles. The third-order valence-corrected chi connectivity index (χ3v) is 3.08. The minimum absolute atomic E-state index is 0.456. The molecule has 0 atom stereocenters. The molecule has 6 heteroatoms. The number of aryl methyl sites for hydroxylation is 2. The zero-order chi connectivity index (χ0) is 14.1. The fourth-order valence-corrected chi connectivity index (χ4v) is 2.02. The second-order valence-electron chi connectivity index (χ2n) is 4.55. The van der Waals surface area contributed by atoms with Crippen LogP contribution in [0.3, 0.4) is 0 Å². The van der Waals surface area contributed by atoms with E-state index in [1.807, 2.05) is 37.4 Å². The van der Waals surface area contributed by atoms with Crippen LogP contribution in [0.2, 0.25) is 0 Å². The van der Waals surface area contributed by atoms with E-state index in [0.717, 1.165) is 23.4 Å². The van der Waals surface area contributed by atoms with E-state index in [0.29, 0.717) is 17.4 Å². The first-order valence-electron chi connectivity index (χ1n) is 6.40. The minimum Gasteiger partial charge on any atom is -0.399 e. The predicted molar refractivity (Wildman–Crippen MR) is 75.7 cm³/mol. The predicted octanol–water partition coefficient (Wildman–Crippen LogP) is 2.28. The fourth-order valence-electron chi connectivity index (χ4n) is 2.02. The van der Waals surface area contributed by atoms with Crippen molar-refractivity contribution in [2.45, 2.75) is 13.3 Å². The molecule has 0 spiro atoms. The summed E-state index contributed by atoms with van der Waals surface area (Å²) >= 11 is 0. The van der Waals surface area contributed by atoms with Crippen LogP contribution in [0, 0.1) is 0 Å². The lowest BCUT2D eigenvalue weighted by Gasteiger charge is -1.95. The van der Waals surface area contributed by atoms with Gasteiger partial charge in [-0.05, 0) is 24.6 Å². The van der Waals surface area contributed by atoms with Crippen molar-refractivity contribution in [2.24, 2.45) is 7.05 Å². The number of hydrogen-bond acceptors (Lipinski definition) is 5. The molecule has 3 rings (SSSR count). The molecule has 6 nitrogen and oxygen atoms in total. The molecule has 3 aromatic rings. The quantitative estimate of drug-likeness (QED) is 0.737. The molecular weight excluding hydrogens is 254 g/mol. The Bertz CT molecular complexity index is 744. The average Bonchev–Trinajstić information content (AvgIpc) is 3.05. The summed E-state index contributed by atoms with van der Waals surface area (Å²) in [5, 5.41) is 8.37. The molecule has 0 radical (unpaired) electrons. The van der Waals surface area contributed by atoms with Crippen LogP contribution in [0.15, 0.2) is 34.9 Å². The van der Waals surface area contributed by atoms with Crippen molar-refractivity contribution < 1.29 is 4.52 Å². The zero-order valence-corrected chi connectivity index (χ0v) is 11.4. The van der Waals surface area contributed by atoms with E-state index in [9.17, 15) is 0 Å². The van der Waals surface area contributed by atoms with Gasteiger partial charge in [0, 0.05) is 18.3 Å². The SMILES string of the molecule is CCc1cc(-c2nc(-c3cccc(N)c3)no2)n(C)n1. The molecule has 0 saturated carbocycles. The Hall–Kier alpha value is -2.63.